The van der Waals surface area contributed by atoms with Crippen LogP contribution in [0, 0.1) is 0 Å². The van der Waals surface area contributed by atoms with Gasteiger partial charge in [-0.15, -0.1) is 11.3 Å². The van der Waals surface area contributed by atoms with Crippen LogP contribution >= 0.6 is 11.3 Å². The highest BCUT2D eigenvalue weighted by atomic mass is 32.1. The number of aliphatic imine (C=N–C) groups is 1. The van der Waals surface area contributed by atoms with Crippen molar-refractivity contribution in [3.8, 4) is 0 Å². The minimum absolute atomic E-state index is 0.438. The van der Waals surface area contributed by atoms with Crippen molar-refractivity contribution < 1.29 is 5.11 Å². The van der Waals surface area contributed by atoms with E-state index < -0.39 is 6.10 Å². The van der Waals surface area contributed by atoms with E-state index in [0.717, 1.165) is 23.8 Å². The zero-order chi connectivity index (χ0) is 17.9. The van der Waals surface area contributed by atoms with E-state index >= 15 is 0 Å². The number of nitrogens with zero attached hydrogens (tertiary/aromatic N) is 1. The van der Waals surface area contributed by atoms with Crippen molar-refractivity contribution in [2.45, 2.75) is 18.4 Å². The van der Waals surface area contributed by atoms with Gasteiger partial charge in [-0.05, 0) is 35.1 Å². The molecule has 2 unspecified atom stereocenters. The highest BCUT2D eigenvalue weighted by molar-refractivity contribution is 7.19. The van der Waals surface area contributed by atoms with Crippen LogP contribution in [0.5, 0.6) is 0 Å². The maximum absolute atomic E-state index is 10.5. The van der Waals surface area contributed by atoms with Crippen molar-refractivity contribution in [3.05, 3.63) is 70.6 Å². The van der Waals surface area contributed by atoms with Crippen LogP contribution in [0.15, 0.2) is 59.6 Å². The van der Waals surface area contributed by atoms with Crippen molar-refractivity contribution in [3.63, 3.8) is 0 Å². The molecular weight excluding hydrogens is 342 g/mol. The van der Waals surface area contributed by atoms with Crippen molar-refractivity contribution in [2.75, 3.05) is 20.1 Å². The SMILES string of the molecule is CN=C(NCC(O)c1cc2ccccc2s1)NCC1Cc2ccccc21. The third kappa shape index (κ3) is 3.45. The number of fused-ring (bicyclic) bond motifs is 2. The number of thiophene rings is 1. The van der Waals surface area contributed by atoms with Crippen LogP contribution in [0.1, 0.15) is 28.0 Å². The zero-order valence-electron chi connectivity index (χ0n) is 14.8. The van der Waals surface area contributed by atoms with Crippen LogP contribution in [0.4, 0.5) is 0 Å². The smallest absolute Gasteiger partial charge is 0.191 e. The lowest BCUT2D eigenvalue weighted by Crippen LogP contribution is -2.42. The highest BCUT2D eigenvalue weighted by Gasteiger charge is 2.25. The lowest BCUT2D eigenvalue weighted by molar-refractivity contribution is 0.184. The zero-order valence-corrected chi connectivity index (χ0v) is 15.6. The molecule has 26 heavy (non-hydrogen) atoms. The molecule has 1 aliphatic carbocycles. The maximum atomic E-state index is 10.5. The normalized spacial score (nSPS) is 17.5. The molecule has 0 radical (unpaired) electrons. The topological polar surface area (TPSA) is 56.7 Å². The Bertz CT molecular complexity index is 901. The first kappa shape index (κ1) is 17.1. The number of hydrogen-bond acceptors (Lipinski definition) is 3. The molecule has 2 aromatic carbocycles. The maximum Gasteiger partial charge on any atom is 0.191 e. The van der Waals surface area contributed by atoms with Gasteiger partial charge in [0.05, 0.1) is 0 Å². The molecular formula is C21H23N3OS. The minimum Gasteiger partial charge on any atom is -0.386 e. The summed E-state index contributed by atoms with van der Waals surface area (Å²) in [4.78, 5) is 5.24. The fourth-order valence-electron chi connectivity index (χ4n) is 3.45. The van der Waals surface area contributed by atoms with Crippen LogP contribution in [0.2, 0.25) is 0 Å². The number of hydrogen-bond donors (Lipinski definition) is 3. The average molecular weight is 366 g/mol. The molecule has 134 valence electrons. The molecule has 1 heterocycles. The predicted molar refractivity (Wildman–Crippen MR) is 109 cm³/mol. The summed E-state index contributed by atoms with van der Waals surface area (Å²) < 4.78 is 1.20. The Morgan fingerprint density at radius 2 is 2.00 bits per heavy atom. The highest BCUT2D eigenvalue weighted by Crippen LogP contribution is 2.34. The summed E-state index contributed by atoms with van der Waals surface area (Å²) in [6, 6.07) is 18.9. The summed E-state index contributed by atoms with van der Waals surface area (Å²) in [6.07, 6.45) is 0.570. The molecule has 3 aromatic rings. The molecule has 3 N–H and O–H groups in total. The number of rotatable bonds is 5. The molecule has 0 saturated heterocycles. The number of aliphatic hydroxyl groups excluding tert-OH is 1. The van der Waals surface area contributed by atoms with Crippen LogP contribution in [0.25, 0.3) is 10.1 Å². The second kappa shape index (κ2) is 7.48. The molecule has 0 aliphatic heterocycles. The predicted octanol–water partition coefficient (Wildman–Crippen LogP) is 3.44. The summed E-state index contributed by atoms with van der Waals surface area (Å²) in [7, 11) is 1.76. The molecule has 0 spiro atoms. The second-order valence-corrected chi connectivity index (χ2v) is 7.75. The summed E-state index contributed by atoms with van der Waals surface area (Å²) in [5.74, 6) is 1.27. The van der Waals surface area contributed by atoms with Gasteiger partial charge in [-0.1, -0.05) is 42.5 Å². The van der Waals surface area contributed by atoms with E-state index in [2.05, 4.69) is 58.1 Å². The molecule has 0 bridgehead atoms. The Morgan fingerprint density at radius 1 is 1.19 bits per heavy atom. The van der Waals surface area contributed by atoms with Crippen LogP contribution < -0.4 is 10.6 Å². The van der Waals surface area contributed by atoms with E-state index in [1.807, 2.05) is 12.1 Å². The summed E-state index contributed by atoms with van der Waals surface area (Å²) in [5, 5.41) is 18.3. The van der Waals surface area contributed by atoms with E-state index in [9.17, 15) is 5.11 Å². The van der Waals surface area contributed by atoms with Gasteiger partial charge in [0, 0.05) is 35.6 Å². The average Bonchev–Trinajstić information content (AvgIpc) is 3.09. The van der Waals surface area contributed by atoms with E-state index in [4.69, 9.17) is 0 Å². The Morgan fingerprint density at radius 3 is 2.81 bits per heavy atom. The summed E-state index contributed by atoms with van der Waals surface area (Å²) in [5.41, 5.74) is 2.88. The number of nitrogens with one attached hydrogen (secondary N) is 2. The number of benzene rings is 2. The molecule has 0 saturated carbocycles. The third-order valence-electron chi connectivity index (χ3n) is 4.94. The molecule has 1 aromatic heterocycles. The monoisotopic (exact) mass is 365 g/mol. The van der Waals surface area contributed by atoms with Gasteiger partial charge in [0.1, 0.15) is 6.10 Å². The Hall–Kier alpha value is -2.37. The third-order valence-corrected chi connectivity index (χ3v) is 6.15. The van der Waals surface area contributed by atoms with Gasteiger partial charge in [0.25, 0.3) is 0 Å². The first-order valence-corrected chi connectivity index (χ1v) is 9.75. The first-order chi connectivity index (χ1) is 12.7. The molecule has 4 rings (SSSR count). The van der Waals surface area contributed by atoms with Gasteiger partial charge in [-0.3, -0.25) is 4.99 Å². The van der Waals surface area contributed by atoms with Gasteiger partial charge in [-0.2, -0.15) is 0 Å². The van der Waals surface area contributed by atoms with E-state index in [0.29, 0.717) is 12.5 Å². The number of aliphatic hydroxyl groups is 1. The van der Waals surface area contributed by atoms with Gasteiger partial charge < -0.3 is 15.7 Å². The van der Waals surface area contributed by atoms with Gasteiger partial charge in [0.2, 0.25) is 0 Å². The van der Waals surface area contributed by atoms with Crippen molar-refractivity contribution in [1.29, 1.82) is 0 Å². The fraction of sp³-hybridized carbons (Fsp3) is 0.286. The summed E-state index contributed by atoms with van der Waals surface area (Å²) >= 11 is 1.64. The van der Waals surface area contributed by atoms with E-state index in [-0.39, 0.29) is 0 Å². The molecule has 5 heteroatoms. The molecule has 0 fully saturated rings. The van der Waals surface area contributed by atoms with Gasteiger partial charge in [-0.25, -0.2) is 0 Å². The molecule has 1 aliphatic rings. The van der Waals surface area contributed by atoms with E-state index in [1.165, 1.54) is 21.2 Å². The quantitative estimate of drug-likeness (QED) is 0.480. The van der Waals surface area contributed by atoms with Crippen molar-refractivity contribution in [1.82, 2.24) is 10.6 Å². The fourth-order valence-corrected chi connectivity index (χ4v) is 4.50. The Kier molecular flexibility index (Phi) is 4.91. The van der Waals surface area contributed by atoms with Crippen molar-refractivity contribution >= 4 is 27.4 Å². The van der Waals surface area contributed by atoms with Crippen LogP contribution in [-0.2, 0) is 6.42 Å². The lowest BCUT2D eigenvalue weighted by atomic mass is 9.78. The largest absolute Gasteiger partial charge is 0.386 e. The minimum atomic E-state index is -0.546. The second-order valence-electron chi connectivity index (χ2n) is 6.64. The number of guanidine groups is 1. The van der Waals surface area contributed by atoms with Crippen LogP contribution in [0.3, 0.4) is 0 Å². The van der Waals surface area contributed by atoms with Crippen LogP contribution in [-0.4, -0.2) is 31.2 Å². The Labute approximate surface area is 157 Å². The van der Waals surface area contributed by atoms with E-state index in [1.54, 1.807) is 18.4 Å². The molecule has 0 amide bonds. The summed E-state index contributed by atoms with van der Waals surface area (Å²) in [6.45, 7) is 1.30. The first-order valence-electron chi connectivity index (χ1n) is 8.93. The Balaban J connectivity index is 1.30. The van der Waals surface area contributed by atoms with Gasteiger partial charge >= 0.3 is 0 Å². The molecule has 2 atom stereocenters. The standard InChI is InChI=1S/C21H23N3OS/c1-22-21(23-12-16-10-14-6-2-4-8-17(14)16)24-13-18(25)20-11-15-7-3-5-9-19(15)26-20/h2-9,11,16,18,25H,10,12-13H2,1H3,(H2,22,23,24). The van der Waals surface area contributed by atoms with Gasteiger partial charge in [0.15, 0.2) is 5.96 Å². The molecule has 4 nitrogen and oxygen atoms in total. The lowest BCUT2D eigenvalue weighted by Gasteiger charge is -2.30. The van der Waals surface area contributed by atoms with Crippen molar-refractivity contribution in [2.24, 2.45) is 4.99 Å².